The van der Waals surface area contributed by atoms with Gasteiger partial charge in [0.15, 0.2) is 0 Å². The summed E-state index contributed by atoms with van der Waals surface area (Å²) in [6, 6.07) is 9.73. The van der Waals surface area contributed by atoms with Gasteiger partial charge in [0.2, 0.25) is 0 Å². The smallest absolute Gasteiger partial charge is 0.282 e. The average Bonchev–Trinajstić information content (AvgIpc) is 2.62. The van der Waals surface area contributed by atoms with Gasteiger partial charge in [0, 0.05) is 33.3 Å². The van der Waals surface area contributed by atoms with E-state index in [1.165, 1.54) is 8.61 Å². The van der Waals surface area contributed by atoms with Crippen LogP contribution in [0.1, 0.15) is 18.4 Å². The second-order valence-corrected chi connectivity index (χ2v) is 8.15. The average molecular weight is 368 g/mol. The standard InChI is InChI=1S/C18H28N2O4S/c1-24-16-18-10-6-12-20(15-18)25(22,23)19(13-14-21)11-5-9-17-7-3-2-4-8-17/h2-5,7-9,18,21H,6,10-16H2,1H3. The molecule has 7 heteroatoms. The highest BCUT2D eigenvalue weighted by atomic mass is 32.2. The number of rotatable bonds is 9. The van der Waals surface area contributed by atoms with Gasteiger partial charge in [-0.25, -0.2) is 0 Å². The van der Waals surface area contributed by atoms with Gasteiger partial charge in [-0.1, -0.05) is 42.5 Å². The molecule has 1 unspecified atom stereocenters. The van der Waals surface area contributed by atoms with Gasteiger partial charge in [-0.15, -0.1) is 0 Å². The zero-order valence-corrected chi connectivity index (χ0v) is 15.6. The van der Waals surface area contributed by atoms with Crippen LogP contribution in [0.25, 0.3) is 6.08 Å². The summed E-state index contributed by atoms with van der Waals surface area (Å²) in [5.74, 6) is 0.226. The molecule has 1 aromatic carbocycles. The van der Waals surface area contributed by atoms with Crippen molar-refractivity contribution in [3.8, 4) is 0 Å². The Bertz CT molecular complexity index is 632. The number of hydrogen-bond acceptors (Lipinski definition) is 4. The van der Waals surface area contributed by atoms with E-state index in [-0.39, 0.29) is 25.6 Å². The first kappa shape index (κ1) is 20.1. The molecule has 0 aliphatic carbocycles. The van der Waals surface area contributed by atoms with Crippen LogP contribution in [0.3, 0.4) is 0 Å². The normalized spacial score (nSPS) is 19.7. The highest BCUT2D eigenvalue weighted by Crippen LogP contribution is 2.21. The van der Waals surface area contributed by atoms with Crippen molar-refractivity contribution < 1.29 is 18.3 Å². The summed E-state index contributed by atoms with van der Waals surface area (Å²) in [7, 11) is -1.95. The Morgan fingerprint density at radius 3 is 2.80 bits per heavy atom. The lowest BCUT2D eigenvalue weighted by atomic mass is 10.0. The fourth-order valence-corrected chi connectivity index (χ4v) is 4.73. The zero-order valence-electron chi connectivity index (χ0n) is 14.8. The maximum atomic E-state index is 12.9. The van der Waals surface area contributed by atoms with Crippen LogP contribution in [0.15, 0.2) is 36.4 Å². The molecule has 1 saturated heterocycles. The van der Waals surface area contributed by atoms with Crippen molar-refractivity contribution in [2.24, 2.45) is 5.92 Å². The number of methoxy groups -OCH3 is 1. The lowest BCUT2D eigenvalue weighted by molar-refractivity contribution is 0.116. The molecule has 6 nitrogen and oxygen atoms in total. The van der Waals surface area contributed by atoms with Gasteiger partial charge < -0.3 is 9.84 Å². The van der Waals surface area contributed by atoms with Crippen molar-refractivity contribution in [2.75, 3.05) is 46.5 Å². The topological polar surface area (TPSA) is 70.1 Å². The van der Waals surface area contributed by atoms with Gasteiger partial charge in [-0.3, -0.25) is 0 Å². The summed E-state index contributed by atoms with van der Waals surface area (Å²) in [6.45, 7) is 1.69. The van der Waals surface area contributed by atoms with Crippen LogP contribution in [0.2, 0.25) is 0 Å². The Hall–Kier alpha value is -1.25. The third-order valence-electron chi connectivity index (χ3n) is 4.30. The van der Waals surface area contributed by atoms with E-state index in [9.17, 15) is 13.5 Å². The van der Waals surface area contributed by atoms with Crippen LogP contribution in [-0.2, 0) is 14.9 Å². The molecular weight excluding hydrogens is 340 g/mol. The van der Waals surface area contributed by atoms with Crippen LogP contribution in [0.5, 0.6) is 0 Å². The SMILES string of the molecule is COCC1CCCN(S(=O)(=O)N(CC=Cc2ccccc2)CCO)C1. The van der Waals surface area contributed by atoms with Gasteiger partial charge >= 0.3 is 0 Å². The van der Waals surface area contributed by atoms with Crippen LogP contribution in [-0.4, -0.2) is 68.6 Å². The van der Waals surface area contributed by atoms with Gasteiger partial charge in [-0.2, -0.15) is 17.0 Å². The molecule has 0 spiro atoms. The predicted octanol–water partition coefficient (Wildman–Crippen LogP) is 1.60. The van der Waals surface area contributed by atoms with Crippen molar-refractivity contribution in [2.45, 2.75) is 12.8 Å². The minimum Gasteiger partial charge on any atom is -0.395 e. The maximum Gasteiger partial charge on any atom is 0.282 e. The van der Waals surface area contributed by atoms with E-state index in [1.54, 1.807) is 7.11 Å². The van der Waals surface area contributed by atoms with E-state index < -0.39 is 10.2 Å². The summed E-state index contributed by atoms with van der Waals surface area (Å²) in [6.07, 6.45) is 5.52. The van der Waals surface area contributed by atoms with Gasteiger partial charge in [0.1, 0.15) is 0 Å². The minimum absolute atomic E-state index is 0.0902. The first-order valence-corrected chi connectivity index (χ1v) is 10.0. The number of hydrogen-bond donors (Lipinski definition) is 1. The number of piperidine rings is 1. The van der Waals surface area contributed by atoms with Crippen molar-refractivity contribution in [1.82, 2.24) is 8.61 Å². The molecule has 1 aromatic rings. The second-order valence-electron chi connectivity index (χ2n) is 6.22. The lowest BCUT2D eigenvalue weighted by Crippen LogP contribution is -2.49. The summed E-state index contributed by atoms with van der Waals surface area (Å²) in [5.41, 5.74) is 1.02. The zero-order chi connectivity index (χ0) is 18.1. The Morgan fingerprint density at radius 1 is 1.36 bits per heavy atom. The fourth-order valence-electron chi connectivity index (χ4n) is 3.05. The van der Waals surface area contributed by atoms with Crippen LogP contribution in [0.4, 0.5) is 0 Å². The van der Waals surface area contributed by atoms with E-state index >= 15 is 0 Å². The van der Waals surface area contributed by atoms with Gasteiger partial charge in [0.25, 0.3) is 10.2 Å². The molecule has 0 radical (unpaired) electrons. The van der Waals surface area contributed by atoms with E-state index in [0.717, 1.165) is 18.4 Å². The summed E-state index contributed by atoms with van der Waals surface area (Å²) >= 11 is 0. The maximum absolute atomic E-state index is 12.9. The third-order valence-corrected chi connectivity index (χ3v) is 6.27. The molecule has 1 atom stereocenters. The fraction of sp³-hybridized carbons (Fsp3) is 0.556. The molecule has 1 aliphatic heterocycles. The summed E-state index contributed by atoms with van der Waals surface area (Å²) < 4.78 is 33.9. The molecule has 1 heterocycles. The molecule has 1 fully saturated rings. The third kappa shape index (κ3) is 5.90. The first-order valence-electron chi connectivity index (χ1n) is 8.64. The van der Waals surface area contributed by atoms with Crippen molar-refractivity contribution in [3.05, 3.63) is 42.0 Å². The molecule has 2 rings (SSSR count). The van der Waals surface area contributed by atoms with E-state index in [1.807, 2.05) is 42.5 Å². The van der Waals surface area contributed by atoms with Crippen molar-refractivity contribution in [1.29, 1.82) is 0 Å². The van der Waals surface area contributed by atoms with Crippen molar-refractivity contribution in [3.63, 3.8) is 0 Å². The van der Waals surface area contributed by atoms with Gasteiger partial charge in [0.05, 0.1) is 13.2 Å². The molecule has 0 bridgehead atoms. The van der Waals surface area contributed by atoms with E-state index in [2.05, 4.69) is 0 Å². The molecule has 0 aromatic heterocycles. The number of nitrogens with zero attached hydrogens (tertiary/aromatic N) is 2. The predicted molar refractivity (Wildman–Crippen MR) is 99.2 cm³/mol. The second kappa shape index (κ2) is 10.0. The largest absolute Gasteiger partial charge is 0.395 e. The Balaban J connectivity index is 2.04. The summed E-state index contributed by atoms with van der Waals surface area (Å²) in [4.78, 5) is 0. The highest BCUT2D eigenvalue weighted by Gasteiger charge is 2.32. The number of aliphatic hydroxyl groups excluding tert-OH is 1. The summed E-state index contributed by atoms with van der Waals surface area (Å²) in [5, 5.41) is 9.28. The molecule has 140 valence electrons. The van der Waals surface area contributed by atoms with Crippen LogP contribution in [0, 0.1) is 5.92 Å². The minimum atomic E-state index is -3.59. The number of ether oxygens (including phenoxy) is 1. The molecule has 25 heavy (non-hydrogen) atoms. The molecule has 0 amide bonds. The lowest BCUT2D eigenvalue weighted by Gasteiger charge is -2.34. The number of aliphatic hydroxyl groups is 1. The van der Waals surface area contributed by atoms with Crippen molar-refractivity contribution >= 4 is 16.3 Å². The van der Waals surface area contributed by atoms with Crippen LogP contribution >= 0.6 is 0 Å². The first-order chi connectivity index (χ1) is 12.1. The Morgan fingerprint density at radius 2 is 2.12 bits per heavy atom. The molecule has 0 saturated carbocycles. The quantitative estimate of drug-likeness (QED) is 0.719. The van der Waals surface area contributed by atoms with Gasteiger partial charge in [-0.05, 0) is 24.3 Å². The Labute approximate surface area is 150 Å². The highest BCUT2D eigenvalue weighted by molar-refractivity contribution is 7.86. The molecule has 1 aliphatic rings. The van der Waals surface area contributed by atoms with E-state index in [0.29, 0.717) is 19.7 Å². The van der Waals surface area contributed by atoms with Crippen LogP contribution < -0.4 is 0 Å². The number of benzene rings is 1. The van der Waals surface area contributed by atoms with E-state index in [4.69, 9.17) is 4.74 Å². The Kier molecular flexibility index (Phi) is 8.05. The molecule has 1 N–H and O–H groups in total. The molecular formula is C18H28N2O4S. The monoisotopic (exact) mass is 368 g/mol.